The molecule has 1 amide bonds. The van der Waals surface area contributed by atoms with Crippen molar-refractivity contribution in [3.8, 4) is 0 Å². The molecule has 0 spiro atoms. The fraction of sp³-hybridized carbons (Fsp3) is 0.769. The topological polar surface area (TPSA) is 83.9 Å². The Hall–Kier alpha value is -1.08. The van der Waals surface area contributed by atoms with Crippen LogP contribution in [0.4, 0.5) is 0 Å². The molecular weight excluding hydrogens is 282 g/mol. The minimum Gasteiger partial charge on any atom is -0.480 e. The van der Waals surface area contributed by atoms with Crippen LogP contribution in [0.15, 0.2) is 0 Å². The van der Waals surface area contributed by atoms with Crippen molar-refractivity contribution in [2.45, 2.75) is 39.3 Å². The smallest absolute Gasteiger partial charge is 0.326 e. The van der Waals surface area contributed by atoms with Crippen LogP contribution in [0.3, 0.4) is 0 Å². The second-order valence-corrected chi connectivity index (χ2v) is 6.06. The zero-order chi connectivity index (χ0) is 15.3. The number of thioether (sulfide) groups is 1. The van der Waals surface area contributed by atoms with Gasteiger partial charge in [0.25, 0.3) is 0 Å². The van der Waals surface area contributed by atoms with Crippen molar-refractivity contribution in [2.24, 2.45) is 5.92 Å². The van der Waals surface area contributed by atoms with Gasteiger partial charge in [-0.25, -0.2) is 4.79 Å². The van der Waals surface area contributed by atoms with Crippen LogP contribution in [0.5, 0.6) is 0 Å². The summed E-state index contributed by atoms with van der Waals surface area (Å²) in [6.45, 7) is 5.80. The van der Waals surface area contributed by atoms with Crippen LogP contribution in [0, 0.1) is 5.92 Å². The molecule has 1 aliphatic rings. The maximum absolute atomic E-state index is 12.3. The highest BCUT2D eigenvalue weighted by molar-refractivity contribution is 8.13. The molecule has 1 fully saturated rings. The fourth-order valence-electron chi connectivity index (χ4n) is 2.23. The Morgan fingerprint density at radius 1 is 1.45 bits per heavy atom. The number of hydrogen-bond acceptors (Lipinski definition) is 5. The van der Waals surface area contributed by atoms with E-state index in [9.17, 15) is 19.5 Å². The minimum absolute atomic E-state index is 0.0481. The summed E-state index contributed by atoms with van der Waals surface area (Å²) < 4.78 is 5.43. The van der Waals surface area contributed by atoms with E-state index < -0.39 is 12.0 Å². The third-order valence-electron chi connectivity index (χ3n) is 3.19. The van der Waals surface area contributed by atoms with E-state index in [1.54, 1.807) is 6.92 Å². The molecule has 0 aromatic carbocycles. The van der Waals surface area contributed by atoms with Gasteiger partial charge in [0.2, 0.25) is 5.91 Å². The molecule has 0 aromatic rings. The SMILES string of the molecule is CCOC1C[C@@H](C(=O)O)N(C(=O)C(C)CSC(C)=O)C1. The molecule has 20 heavy (non-hydrogen) atoms. The second-order valence-electron chi connectivity index (χ2n) is 4.86. The number of carboxylic acid groups (broad SMARTS) is 1. The molecule has 1 rings (SSSR count). The molecule has 0 radical (unpaired) electrons. The summed E-state index contributed by atoms with van der Waals surface area (Å²) in [5, 5.41) is 9.16. The molecule has 0 saturated carbocycles. The Labute approximate surface area is 122 Å². The predicted octanol–water partition coefficient (Wildman–Crippen LogP) is 0.993. The largest absolute Gasteiger partial charge is 0.480 e. The normalized spacial score (nSPS) is 23.6. The molecule has 1 N–H and O–H groups in total. The van der Waals surface area contributed by atoms with Gasteiger partial charge >= 0.3 is 5.97 Å². The van der Waals surface area contributed by atoms with Crippen molar-refractivity contribution >= 4 is 28.8 Å². The predicted molar refractivity (Wildman–Crippen MR) is 75.5 cm³/mol. The number of ether oxygens (including phenoxy) is 1. The molecule has 0 aromatic heterocycles. The second kappa shape index (κ2) is 7.64. The van der Waals surface area contributed by atoms with Gasteiger partial charge in [-0.15, -0.1) is 0 Å². The Morgan fingerprint density at radius 3 is 2.60 bits per heavy atom. The lowest BCUT2D eigenvalue weighted by Crippen LogP contribution is -2.43. The third-order valence-corrected chi connectivity index (χ3v) is 4.26. The number of amides is 1. The van der Waals surface area contributed by atoms with Crippen LogP contribution in [-0.2, 0) is 19.1 Å². The van der Waals surface area contributed by atoms with Crippen molar-refractivity contribution in [2.75, 3.05) is 18.9 Å². The van der Waals surface area contributed by atoms with Gasteiger partial charge in [0.15, 0.2) is 5.12 Å². The van der Waals surface area contributed by atoms with Gasteiger partial charge in [0, 0.05) is 38.2 Å². The zero-order valence-electron chi connectivity index (χ0n) is 12.0. The third kappa shape index (κ3) is 4.49. The minimum atomic E-state index is -1.01. The van der Waals surface area contributed by atoms with E-state index in [0.29, 0.717) is 25.3 Å². The molecule has 2 unspecified atom stereocenters. The lowest BCUT2D eigenvalue weighted by molar-refractivity contribution is -0.149. The monoisotopic (exact) mass is 303 g/mol. The maximum atomic E-state index is 12.3. The van der Waals surface area contributed by atoms with E-state index in [1.165, 1.54) is 11.8 Å². The van der Waals surface area contributed by atoms with Crippen LogP contribution >= 0.6 is 11.8 Å². The lowest BCUT2D eigenvalue weighted by atomic mass is 10.1. The highest BCUT2D eigenvalue weighted by Crippen LogP contribution is 2.24. The van der Waals surface area contributed by atoms with Gasteiger partial charge < -0.3 is 14.7 Å². The van der Waals surface area contributed by atoms with E-state index in [1.807, 2.05) is 6.92 Å². The first-order valence-corrected chi connectivity index (χ1v) is 7.63. The molecule has 1 heterocycles. The number of carboxylic acids is 1. The van der Waals surface area contributed by atoms with Crippen LogP contribution in [0.1, 0.15) is 27.2 Å². The Morgan fingerprint density at radius 2 is 2.10 bits per heavy atom. The molecule has 1 saturated heterocycles. The van der Waals surface area contributed by atoms with Crippen molar-refractivity contribution in [1.82, 2.24) is 4.90 Å². The van der Waals surface area contributed by atoms with Gasteiger partial charge in [0.1, 0.15) is 6.04 Å². The van der Waals surface area contributed by atoms with Crippen LogP contribution in [0.25, 0.3) is 0 Å². The summed E-state index contributed by atoms with van der Waals surface area (Å²) >= 11 is 1.08. The summed E-state index contributed by atoms with van der Waals surface area (Å²) in [5.41, 5.74) is 0. The van der Waals surface area contributed by atoms with E-state index in [-0.39, 0.29) is 23.0 Å². The van der Waals surface area contributed by atoms with Crippen molar-refractivity contribution in [3.05, 3.63) is 0 Å². The summed E-state index contributed by atoms with van der Waals surface area (Å²) in [6.07, 6.45) is 0.0966. The first kappa shape index (κ1) is 17.0. The Balaban J connectivity index is 2.68. The Kier molecular flexibility index (Phi) is 6.48. The number of carbonyl (C=O) groups is 3. The average Bonchev–Trinajstić information content (AvgIpc) is 2.79. The van der Waals surface area contributed by atoms with E-state index in [2.05, 4.69) is 0 Å². The van der Waals surface area contributed by atoms with Crippen molar-refractivity contribution < 1.29 is 24.2 Å². The van der Waals surface area contributed by atoms with Gasteiger partial charge in [-0.1, -0.05) is 18.7 Å². The lowest BCUT2D eigenvalue weighted by Gasteiger charge is -2.24. The number of rotatable bonds is 6. The quantitative estimate of drug-likeness (QED) is 0.788. The van der Waals surface area contributed by atoms with Crippen LogP contribution in [-0.4, -0.2) is 58.0 Å². The molecule has 7 heteroatoms. The van der Waals surface area contributed by atoms with Gasteiger partial charge in [-0.3, -0.25) is 9.59 Å². The van der Waals surface area contributed by atoms with Crippen LogP contribution in [0.2, 0.25) is 0 Å². The maximum Gasteiger partial charge on any atom is 0.326 e. The molecule has 3 atom stereocenters. The highest BCUT2D eigenvalue weighted by Gasteiger charge is 2.41. The average molecular weight is 303 g/mol. The molecule has 1 aliphatic heterocycles. The van der Waals surface area contributed by atoms with Crippen molar-refractivity contribution in [1.29, 1.82) is 0 Å². The zero-order valence-corrected chi connectivity index (χ0v) is 12.8. The van der Waals surface area contributed by atoms with Gasteiger partial charge in [-0.2, -0.15) is 0 Å². The number of hydrogen-bond donors (Lipinski definition) is 1. The van der Waals surface area contributed by atoms with E-state index >= 15 is 0 Å². The number of likely N-dealkylation sites (tertiary alicyclic amines) is 1. The number of nitrogens with zero attached hydrogens (tertiary/aromatic N) is 1. The van der Waals surface area contributed by atoms with E-state index in [4.69, 9.17) is 4.74 Å². The summed E-state index contributed by atoms with van der Waals surface area (Å²) in [5.74, 6) is -1.25. The highest BCUT2D eigenvalue weighted by atomic mass is 32.2. The number of aliphatic carboxylic acids is 1. The standard InChI is InChI=1S/C13H21NO5S/c1-4-19-10-5-11(13(17)18)14(6-10)12(16)8(2)7-20-9(3)15/h8,10-11H,4-7H2,1-3H3,(H,17,18)/t8?,10?,11-/m0/s1. The summed E-state index contributed by atoms with van der Waals surface area (Å²) in [6, 6.07) is -0.830. The Bertz CT molecular complexity index is 387. The molecule has 6 nitrogen and oxygen atoms in total. The van der Waals surface area contributed by atoms with E-state index in [0.717, 1.165) is 11.8 Å². The van der Waals surface area contributed by atoms with Crippen molar-refractivity contribution in [3.63, 3.8) is 0 Å². The number of carbonyl (C=O) groups excluding carboxylic acids is 2. The molecule has 114 valence electrons. The molecule has 0 bridgehead atoms. The molecular formula is C13H21NO5S. The molecule has 0 aliphatic carbocycles. The van der Waals surface area contributed by atoms with Gasteiger partial charge in [0.05, 0.1) is 6.10 Å². The van der Waals surface area contributed by atoms with Crippen LogP contribution < -0.4 is 0 Å². The first-order valence-electron chi connectivity index (χ1n) is 6.65. The fourth-order valence-corrected chi connectivity index (χ4v) is 2.86. The first-order chi connectivity index (χ1) is 9.36. The summed E-state index contributed by atoms with van der Waals surface area (Å²) in [7, 11) is 0. The summed E-state index contributed by atoms with van der Waals surface area (Å²) in [4.78, 5) is 35.8. The van der Waals surface area contributed by atoms with Gasteiger partial charge in [-0.05, 0) is 6.92 Å².